The van der Waals surface area contributed by atoms with Crippen LogP contribution in [-0.2, 0) is 9.59 Å². The lowest BCUT2D eigenvalue weighted by Gasteiger charge is -2.29. The highest BCUT2D eigenvalue weighted by Crippen LogP contribution is 2.51. The zero-order valence-electron chi connectivity index (χ0n) is 12.1. The van der Waals surface area contributed by atoms with Crippen LogP contribution in [0.3, 0.4) is 0 Å². The average Bonchev–Trinajstić information content (AvgIpc) is 3.05. The highest BCUT2D eigenvalue weighted by atomic mass is 16.5. The maximum atomic E-state index is 12.1. The quantitative estimate of drug-likeness (QED) is 0.486. The lowest BCUT2D eigenvalue weighted by Crippen LogP contribution is -2.54. The number of nitrogens with one attached hydrogen (secondary N) is 2. The largest absolute Gasteiger partial charge is 0.344 e. The molecule has 4 amide bonds. The number of fused-ring (bicyclic) bond motifs is 2. The van der Waals surface area contributed by atoms with E-state index in [1.807, 2.05) is 13.8 Å². The van der Waals surface area contributed by atoms with E-state index in [1.165, 1.54) is 4.90 Å². The Bertz CT molecular complexity index is 506. The standard InChI is InChI=1S/C13H20N4O4/c1-13(2)5-8(13)10(18)14-15-11(19)9-4-3-7-6-16(9)12(20)17(7)21/h7-9,21H,3-6H2,1-2H3,(H,14,18)(H,15,19)/t7-,8-,9+/m1/s1. The third-order valence-electron chi connectivity index (χ3n) is 4.79. The van der Waals surface area contributed by atoms with Crippen molar-refractivity contribution >= 4 is 17.8 Å². The van der Waals surface area contributed by atoms with Crippen molar-refractivity contribution in [1.82, 2.24) is 20.8 Å². The summed E-state index contributed by atoms with van der Waals surface area (Å²) in [6.07, 6.45) is 1.86. The van der Waals surface area contributed by atoms with Crippen LogP contribution < -0.4 is 10.9 Å². The third-order valence-corrected chi connectivity index (χ3v) is 4.79. The number of amides is 4. The van der Waals surface area contributed by atoms with Crippen molar-refractivity contribution in [3.8, 4) is 0 Å². The molecule has 2 aliphatic heterocycles. The van der Waals surface area contributed by atoms with Gasteiger partial charge in [-0.05, 0) is 24.7 Å². The SMILES string of the molecule is CC1(C)C[C@@H]1C(=O)NNC(=O)[C@@H]1CC[C@@H]2CN1C(=O)N2O. The number of carbonyl (C=O) groups is 3. The monoisotopic (exact) mass is 296 g/mol. The van der Waals surface area contributed by atoms with Gasteiger partial charge in [0.1, 0.15) is 6.04 Å². The van der Waals surface area contributed by atoms with E-state index in [0.29, 0.717) is 24.4 Å². The molecule has 3 aliphatic rings. The van der Waals surface area contributed by atoms with Gasteiger partial charge in [-0.3, -0.25) is 25.6 Å². The van der Waals surface area contributed by atoms with Gasteiger partial charge in [0.15, 0.2) is 0 Å². The van der Waals surface area contributed by atoms with Gasteiger partial charge in [-0.15, -0.1) is 0 Å². The Hall–Kier alpha value is -1.83. The van der Waals surface area contributed by atoms with Gasteiger partial charge in [0, 0.05) is 12.5 Å². The summed E-state index contributed by atoms with van der Waals surface area (Å²) < 4.78 is 0. The molecule has 2 heterocycles. The highest BCUT2D eigenvalue weighted by Gasteiger charge is 2.51. The van der Waals surface area contributed by atoms with Crippen LogP contribution in [0.5, 0.6) is 0 Å². The van der Waals surface area contributed by atoms with E-state index in [1.54, 1.807) is 0 Å². The normalized spacial score (nSPS) is 32.9. The Morgan fingerprint density at radius 2 is 1.86 bits per heavy atom. The second kappa shape index (κ2) is 4.59. The van der Waals surface area contributed by atoms with Crippen LogP contribution in [0.15, 0.2) is 0 Å². The Morgan fingerprint density at radius 1 is 1.24 bits per heavy atom. The lowest BCUT2D eigenvalue weighted by atomic mass is 10.0. The molecule has 0 radical (unpaired) electrons. The molecule has 116 valence electrons. The molecule has 0 aromatic heterocycles. The Morgan fingerprint density at radius 3 is 2.48 bits per heavy atom. The van der Waals surface area contributed by atoms with Gasteiger partial charge in [0.25, 0.3) is 5.91 Å². The van der Waals surface area contributed by atoms with Crippen molar-refractivity contribution in [1.29, 1.82) is 0 Å². The summed E-state index contributed by atoms with van der Waals surface area (Å²) in [7, 11) is 0. The number of hydrazine groups is 1. The molecular weight excluding hydrogens is 276 g/mol. The number of hydroxylamine groups is 2. The van der Waals surface area contributed by atoms with E-state index in [0.717, 1.165) is 6.42 Å². The van der Waals surface area contributed by atoms with E-state index >= 15 is 0 Å². The number of hydrogen-bond donors (Lipinski definition) is 3. The van der Waals surface area contributed by atoms with Gasteiger partial charge in [-0.25, -0.2) is 9.86 Å². The van der Waals surface area contributed by atoms with Gasteiger partial charge in [0.05, 0.1) is 6.04 Å². The van der Waals surface area contributed by atoms with Crippen LogP contribution in [0.25, 0.3) is 0 Å². The summed E-state index contributed by atoms with van der Waals surface area (Å²) >= 11 is 0. The van der Waals surface area contributed by atoms with Crippen LogP contribution in [0.1, 0.15) is 33.1 Å². The molecular formula is C13H20N4O4. The molecule has 3 fully saturated rings. The number of rotatable bonds is 2. The molecule has 1 saturated carbocycles. The third kappa shape index (κ3) is 2.33. The van der Waals surface area contributed by atoms with Gasteiger partial charge in [0.2, 0.25) is 5.91 Å². The minimum atomic E-state index is -0.640. The summed E-state index contributed by atoms with van der Waals surface area (Å²) in [5, 5.41) is 10.3. The first-order valence-corrected chi connectivity index (χ1v) is 7.19. The van der Waals surface area contributed by atoms with Crippen LogP contribution in [0.2, 0.25) is 0 Å². The van der Waals surface area contributed by atoms with Crippen molar-refractivity contribution in [3.05, 3.63) is 0 Å². The molecule has 3 N–H and O–H groups in total. The number of piperidine rings is 1. The van der Waals surface area contributed by atoms with Crippen molar-refractivity contribution < 1.29 is 19.6 Å². The fourth-order valence-electron chi connectivity index (χ4n) is 3.13. The lowest BCUT2D eigenvalue weighted by molar-refractivity contribution is -0.132. The summed E-state index contributed by atoms with van der Waals surface area (Å²) in [5.74, 6) is -0.683. The molecule has 2 saturated heterocycles. The van der Waals surface area contributed by atoms with Gasteiger partial charge in [-0.2, -0.15) is 0 Å². The molecule has 0 spiro atoms. The Labute approximate surface area is 122 Å². The number of urea groups is 1. The second-order valence-electron chi connectivity index (χ2n) is 6.75. The van der Waals surface area contributed by atoms with Crippen LogP contribution in [0, 0.1) is 11.3 Å². The maximum absolute atomic E-state index is 12.1. The number of nitrogens with zero attached hydrogens (tertiary/aromatic N) is 2. The molecule has 3 atom stereocenters. The molecule has 8 heteroatoms. The van der Waals surface area contributed by atoms with Crippen LogP contribution in [0.4, 0.5) is 4.79 Å². The first kappa shape index (κ1) is 14.1. The fourth-order valence-corrected chi connectivity index (χ4v) is 3.13. The molecule has 8 nitrogen and oxygen atoms in total. The van der Waals surface area contributed by atoms with Gasteiger partial charge in [-0.1, -0.05) is 13.8 Å². The molecule has 2 bridgehead atoms. The van der Waals surface area contributed by atoms with Gasteiger partial charge >= 0.3 is 6.03 Å². The van der Waals surface area contributed by atoms with E-state index in [2.05, 4.69) is 10.9 Å². The predicted octanol–water partition coefficient (Wildman–Crippen LogP) is -0.162. The first-order valence-electron chi connectivity index (χ1n) is 7.19. The minimum Gasteiger partial charge on any atom is -0.309 e. The number of hydrogen-bond acceptors (Lipinski definition) is 4. The van der Waals surface area contributed by atoms with Gasteiger partial charge < -0.3 is 4.90 Å². The summed E-state index contributed by atoms with van der Waals surface area (Å²) in [4.78, 5) is 37.1. The Balaban J connectivity index is 1.54. The maximum Gasteiger partial charge on any atom is 0.344 e. The molecule has 0 unspecified atom stereocenters. The summed E-state index contributed by atoms with van der Waals surface area (Å²) in [5.41, 5.74) is 4.82. The minimum absolute atomic E-state index is 0.00478. The smallest absolute Gasteiger partial charge is 0.309 e. The molecule has 0 aromatic carbocycles. The highest BCUT2D eigenvalue weighted by molar-refractivity contribution is 5.90. The topological polar surface area (TPSA) is 102 Å². The first-order chi connectivity index (χ1) is 9.81. The summed E-state index contributed by atoms with van der Waals surface area (Å²) in [6, 6.07) is -1.42. The van der Waals surface area contributed by atoms with Crippen LogP contribution in [-0.4, -0.2) is 51.6 Å². The Kier molecular flexibility index (Phi) is 3.09. The zero-order valence-corrected chi connectivity index (χ0v) is 12.1. The van der Waals surface area contributed by atoms with Crippen molar-refractivity contribution in [2.45, 2.75) is 45.2 Å². The number of carbonyl (C=O) groups excluding carboxylic acids is 3. The fraction of sp³-hybridized carbons (Fsp3) is 0.769. The van der Waals surface area contributed by atoms with E-state index in [4.69, 9.17) is 0 Å². The summed E-state index contributed by atoms with van der Waals surface area (Å²) in [6.45, 7) is 4.34. The van der Waals surface area contributed by atoms with E-state index in [-0.39, 0.29) is 23.3 Å². The van der Waals surface area contributed by atoms with Crippen molar-refractivity contribution in [3.63, 3.8) is 0 Å². The van der Waals surface area contributed by atoms with Crippen molar-refractivity contribution in [2.24, 2.45) is 11.3 Å². The molecule has 1 aliphatic carbocycles. The average molecular weight is 296 g/mol. The molecule has 3 rings (SSSR count). The van der Waals surface area contributed by atoms with Crippen molar-refractivity contribution in [2.75, 3.05) is 6.54 Å². The zero-order chi connectivity index (χ0) is 15.4. The van der Waals surface area contributed by atoms with E-state index in [9.17, 15) is 19.6 Å². The second-order valence-corrected chi connectivity index (χ2v) is 6.75. The van der Waals surface area contributed by atoms with Crippen LogP contribution >= 0.6 is 0 Å². The predicted molar refractivity (Wildman–Crippen MR) is 70.7 cm³/mol. The molecule has 21 heavy (non-hydrogen) atoms. The van der Waals surface area contributed by atoms with E-state index < -0.39 is 18.0 Å². The molecule has 0 aromatic rings.